The van der Waals surface area contributed by atoms with E-state index < -0.39 is 0 Å². The zero-order valence-electron chi connectivity index (χ0n) is 18.1. The van der Waals surface area contributed by atoms with E-state index in [0.29, 0.717) is 30.5 Å². The Morgan fingerprint density at radius 2 is 1.97 bits per heavy atom. The molecule has 1 N–H and O–H groups in total. The van der Waals surface area contributed by atoms with E-state index in [4.69, 9.17) is 14.2 Å². The number of aryl methyl sites for hydroxylation is 3. The van der Waals surface area contributed by atoms with Crippen LogP contribution in [0.15, 0.2) is 24.3 Å². The summed E-state index contributed by atoms with van der Waals surface area (Å²) in [5.74, 6) is 1.51. The maximum atomic E-state index is 12.3. The van der Waals surface area contributed by atoms with Gasteiger partial charge in [-0.1, -0.05) is 13.0 Å². The van der Waals surface area contributed by atoms with Gasteiger partial charge in [-0.25, -0.2) is 9.67 Å². The zero-order chi connectivity index (χ0) is 21.7. The highest BCUT2D eigenvalue weighted by molar-refractivity contribution is 5.85. The number of methoxy groups -OCH3 is 1. The predicted octanol–water partition coefficient (Wildman–Crippen LogP) is 3.08. The van der Waals surface area contributed by atoms with Crippen LogP contribution in [0.3, 0.4) is 0 Å². The molecule has 0 unspecified atom stereocenters. The van der Waals surface area contributed by atoms with Gasteiger partial charge in [-0.05, 0) is 49.6 Å². The number of benzene rings is 1. The van der Waals surface area contributed by atoms with Crippen LogP contribution in [-0.4, -0.2) is 41.0 Å². The summed E-state index contributed by atoms with van der Waals surface area (Å²) in [6.45, 7) is 6.81. The number of pyridine rings is 1. The molecule has 0 aliphatic rings. The number of rotatable bonds is 9. The van der Waals surface area contributed by atoms with Crippen molar-refractivity contribution >= 4 is 16.9 Å². The van der Waals surface area contributed by atoms with E-state index >= 15 is 0 Å². The Bertz CT molecular complexity index is 1050. The minimum atomic E-state index is -0.239. The third-order valence-electron chi connectivity index (χ3n) is 4.61. The molecule has 0 aliphatic carbocycles. The van der Waals surface area contributed by atoms with Gasteiger partial charge < -0.3 is 19.5 Å². The van der Waals surface area contributed by atoms with E-state index in [1.807, 2.05) is 52.1 Å². The van der Waals surface area contributed by atoms with Gasteiger partial charge in [0.2, 0.25) is 5.88 Å². The smallest absolute Gasteiger partial charge is 0.258 e. The summed E-state index contributed by atoms with van der Waals surface area (Å²) in [4.78, 5) is 16.8. The molecule has 1 amide bonds. The van der Waals surface area contributed by atoms with Crippen LogP contribution >= 0.6 is 0 Å². The van der Waals surface area contributed by atoms with E-state index in [2.05, 4.69) is 15.4 Å². The number of amides is 1. The van der Waals surface area contributed by atoms with Crippen LogP contribution in [0.4, 0.5) is 0 Å². The Labute approximate surface area is 176 Å². The molecule has 0 saturated carbocycles. The standard InChI is InChI=1S/C22H28N4O4/c1-6-9-29-17-8-7-16(11-18(17)28-5)12-23-19(27)13-30-22-20-14(2)10-15(3)24-21(20)26(4)25-22/h7-8,10-11H,6,9,12-13H2,1-5H3,(H,23,27). The Morgan fingerprint density at radius 3 is 2.70 bits per heavy atom. The molecule has 0 atom stereocenters. The number of nitrogens with one attached hydrogen (secondary N) is 1. The summed E-state index contributed by atoms with van der Waals surface area (Å²) in [6.07, 6.45) is 0.918. The third-order valence-corrected chi connectivity index (χ3v) is 4.61. The van der Waals surface area contributed by atoms with Gasteiger partial charge >= 0.3 is 0 Å². The van der Waals surface area contributed by atoms with Gasteiger partial charge in [0.25, 0.3) is 5.91 Å². The number of aromatic nitrogens is 3. The lowest BCUT2D eigenvalue weighted by atomic mass is 10.2. The summed E-state index contributed by atoms with van der Waals surface area (Å²) in [5, 5.41) is 8.03. The van der Waals surface area contributed by atoms with Crippen molar-refractivity contribution in [3.05, 3.63) is 41.1 Å². The van der Waals surface area contributed by atoms with Crippen LogP contribution in [0, 0.1) is 13.8 Å². The molecule has 1 aromatic carbocycles. The normalized spacial score (nSPS) is 10.8. The fourth-order valence-corrected chi connectivity index (χ4v) is 3.19. The van der Waals surface area contributed by atoms with Gasteiger partial charge in [-0.15, -0.1) is 5.10 Å². The van der Waals surface area contributed by atoms with Crippen molar-refractivity contribution in [2.24, 2.45) is 7.05 Å². The van der Waals surface area contributed by atoms with Crippen molar-refractivity contribution in [2.45, 2.75) is 33.7 Å². The number of carbonyl (C=O) groups excluding carboxylic acids is 1. The highest BCUT2D eigenvalue weighted by atomic mass is 16.5. The minimum Gasteiger partial charge on any atom is -0.493 e. The van der Waals surface area contributed by atoms with Crippen LogP contribution in [0.1, 0.15) is 30.2 Å². The largest absolute Gasteiger partial charge is 0.493 e. The van der Waals surface area contributed by atoms with Crippen molar-refractivity contribution in [3.63, 3.8) is 0 Å². The van der Waals surface area contributed by atoms with E-state index in [1.54, 1.807) is 11.8 Å². The highest BCUT2D eigenvalue weighted by Gasteiger charge is 2.15. The van der Waals surface area contributed by atoms with Crippen molar-refractivity contribution in [2.75, 3.05) is 20.3 Å². The van der Waals surface area contributed by atoms with Crippen LogP contribution < -0.4 is 19.5 Å². The molecule has 0 bridgehead atoms. The molecule has 0 aliphatic heterocycles. The van der Waals surface area contributed by atoms with Gasteiger partial charge in [0.15, 0.2) is 23.8 Å². The van der Waals surface area contributed by atoms with Gasteiger partial charge in [-0.3, -0.25) is 4.79 Å². The van der Waals surface area contributed by atoms with Crippen LogP contribution in [0.5, 0.6) is 17.4 Å². The average Bonchev–Trinajstić information content (AvgIpc) is 3.05. The van der Waals surface area contributed by atoms with E-state index in [1.165, 1.54) is 0 Å². The van der Waals surface area contributed by atoms with Crippen LogP contribution in [0.2, 0.25) is 0 Å². The molecule has 0 radical (unpaired) electrons. The zero-order valence-corrected chi connectivity index (χ0v) is 18.1. The lowest BCUT2D eigenvalue weighted by molar-refractivity contribution is -0.123. The van der Waals surface area contributed by atoms with Gasteiger partial charge in [-0.2, -0.15) is 0 Å². The summed E-state index contributed by atoms with van der Waals surface area (Å²) in [6, 6.07) is 7.58. The molecule has 3 rings (SSSR count). The van der Waals surface area contributed by atoms with Gasteiger partial charge in [0.05, 0.1) is 19.1 Å². The molecule has 30 heavy (non-hydrogen) atoms. The van der Waals surface area contributed by atoms with Crippen molar-refractivity contribution < 1.29 is 19.0 Å². The first kappa shape index (κ1) is 21.4. The molecular weight excluding hydrogens is 384 g/mol. The minimum absolute atomic E-state index is 0.131. The molecule has 2 aromatic heterocycles. The van der Waals surface area contributed by atoms with E-state index in [-0.39, 0.29) is 12.5 Å². The second-order valence-corrected chi connectivity index (χ2v) is 7.11. The molecule has 2 heterocycles. The second kappa shape index (κ2) is 9.47. The van der Waals surface area contributed by atoms with Crippen molar-refractivity contribution in [3.8, 4) is 17.4 Å². The summed E-state index contributed by atoms with van der Waals surface area (Å²) < 4.78 is 18.4. The van der Waals surface area contributed by atoms with Crippen LogP contribution in [0.25, 0.3) is 11.0 Å². The van der Waals surface area contributed by atoms with E-state index in [9.17, 15) is 4.79 Å². The first-order valence-corrected chi connectivity index (χ1v) is 9.93. The quantitative estimate of drug-likeness (QED) is 0.581. The highest BCUT2D eigenvalue weighted by Crippen LogP contribution is 2.28. The average molecular weight is 412 g/mol. The summed E-state index contributed by atoms with van der Waals surface area (Å²) in [7, 11) is 3.41. The number of fused-ring (bicyclic) bond motifs is 1. The fraction of sp³-hybridized carbons (Fsp3) is 0.409. The monoisotopic (exact) mass is 412 g/mol. The van der Waals surface area contributed by atoms with Crippen molar-refractivity contribution in [1.29, 1.82) is 0 Å². The molecule has 0 spiro atoms. The molecular formula is C22H28N4O4. The number of carbonyl (C=O) groups is 1. The summed E-state index contributed by atoms with van der Waals surface area (Å²) in [5.41, 5.74) is 3.57. The fourth-order valence-electron chi connectivity index (χ4n) is 3.19. The number of hydrogen-bond acceptors (Lipinski definition) is 6. The Morgan fingerprint density at radius 1 is 1.17 bits per heavy atom. The molecule has 160 valence electrons. The molecule has 0 saturated heterocycles. The topological polar surface area (TPSA) is 87.5 Å². The first-order valence-electron chi connectivity index (χ1n) is 9.93. The molecule has 0 fully saturated rings. The Kier molecular flexibility index (Phi) is 6.76. The third kappa shape index (κ3) is 4.82. The second-order valence-electron chi connectivity index (χ2n) is 7.11. The maximum absolute atomic E-state index is 12.3. The predicted molar refractivity (Wildman–Crippen MR) is 114 cm³/mol. The number of hydrogen-bond donors (Lipinski definition) is 1. The molecule has 8 nitrogen and oxygen atoms in total. The van der Waals surface area contributed by atoms with Crippen molar-refractivity contribution in [1.82, 2.24) is 20.1 Å². The molecule has 8 heteroatoms. The maximum Gasteiger partial charge on any atom is 0.258 e. The SMILES string of the molecule is CCCOc1ccc(CNC(=O)COc2nn(C)c3nc(C)cc(C)c23)cc1OC. The van der Waals surface area contributed by atoms with Crippen LogP contribution in [-0.2, 0) is 18.4 Å². The number of nitrogens with zero attached hydrogens (tertiary/aromatic N) is 3. The lowest BCUT2D eigenvalue weighted by Gasteiger charge is -2.12. The number of ether oxygens (including phenoxy) is 3. The first-order chi connectivity index (χ1) is 14.4. The summed E-state index contributed by atoms with van der Waals surface area (Å²) >= 11 is 0. The Hall–Kier alpha value is -3.29. The van der Waals surface area contributed by atoms with Gasteiger partial charge in [0, 0.05) is 19.3 Å². The van der Waals surface area contributed by atoms with E-state index in [0.717, 1.165) is 34.3 Å². The Balaban J connectivity index is 1.60. The van der Waals surface area contributed by atoms with Gasteiger partial charge in [0.1, 0.15) is 0 Å². The molecule has 3 aromatic rings. The lowest BCUT2D eigenvalue weighted by Crippen LogP contribution is -2.28.